The van der Waals surface area contributed by atoms with Gasteiger partial charge in [-0.2, -0.15) is 0 Å². The molecule has 1 saturated heterocycles. The molecule has 9 atom stereocenters. The van der Waals surface area contributed by atoms with Gasteiger partial charge < -0.3 is 127 Å². The van der Waals surface area contributed by atoms with Crippen LogP contribution in [0.1, 0.15) is 215 Å². The minimum absolute atomic E-state index is 0.0431. The summed E-state index contributed by atoms with van der Waals surface area (Å²) in [7, 11) is 0. The number of amides is 21. The number of primary amides is 2. The number of nitrogens with one attached hydrogen (secondary N) is 19. The van der Waals surface area contributed by atoms with E-state index in [0.717, 1.165) is 16.5 Å². The molecule has 1 aromatic heterocycles. The zero-order valence-corrected chi connectivity index (χ0v) is 81.3. The molecule has 135 heavy (non-hydrogen) atoms. The van der Waals surface area contributed by atoms with Crippen LogP contribution in [0.25, 0.3) is 10.9 Å². The number of aromatic nitrogens is 1. The molecular formula is C90H140N22O23. The smallest absolute Gasteiger partial charge is 0.248 e. The summed E-state index contributed by atoms with van der Waals surface area (Å²) in [6.07, 6.45) is 0.955. The lowest BCUT2D eigenvalue weighted by molar-refractivity contribution is -0.146. The number of aliphatic hydroxyl groups excluding tert-OH is 2. The third kappa shape index (κ3) is 34.3. The Labute approximate surface area is 784 Å². The van der Waals surface area contributed by atoms with E-state index >= 15 is 0 Å². The van der Waals surface area contributed by atoms with Crippen LogP contribution < -0.4 is 107 Å². The van der Waals surface area contributed by atoms with Crippen LogP contribution in [0.5, 0.6) is 0 Å². The van der Waals surface area contributed by atoms with Crippen molar-refractivity contribution in [1.82, 2.24) is 106 Å². The molecule has 45 heteroatoms. The average molecular weight is 1900 g/mol. The number of hydrogen-bond donors (Lipinski definition) is 23. The van der Waals surface area contributed by atoms with Gasteiger partial charge in [0.25, 0.3) is 0 Å². The van der Waals surface area contributed by atoms with Gasteiger partial charge in [0.2, 0.25) is 124 Å². The lowest BCUT2D eigenvalue weighted by Crippen LogP contribution is -2.67. The van der Waals surface area contributed by atoms with Gasteiger partial charge in [-0.15, -0.1) is 0 Å². The number of para-hydroxylation sites is 1. The lowest BCUT2D eigenvalue weighted by Gasteiger charge is -2.36. The predicted molar refractivity (Wildman–Crippen MR) is 493 cm³/mol. The van der Waals surface area contributed by atoms with E-state index in [1.165, 1.54) is 150 Å². The van der Waals surface area contributed by atoms with Crippen molar-refractivity contribution in [2.24, 2.45) is 17.4 Å². The van der Waals surface area contributed by atoms with Gasteiger partial charge in [-0.05, 0) is 200 Å². The van der Waals surface area contributed by atoms with E-state index < -0.39 is 261 Å². The monoisotopic (exact) mass is 1900 g/mol. The largest absolute Gasteiger partial charge is 0.394 e. The summed E-state index contributed by atoms with van der Waals surface area (Å²) in [5.41, 5.74) is -3.06. The van der Waals surface area contributed by atoms with Gasteiger partial charge in [-0.3, -0.25) is 101 Å². The second-order valence-corrected chi connectivity index (χ2v) is 39.1. The fourth-order valence-electron chi connectivity index (χ4n) is 13.7. The molecule has 1 aliphatic rings. The number of aliphatic hydroxyl groups is 2. The molecule has 25 N–H and O–H groups in total. The Morgan fingerprint density at radius 3 is 1.31 bits per heavy atom. The second-order valence-electron chi connectivity index (χ2n) is 39.1. The number of benzene rings is 2. The summed E-state index contributed by atoms with van der Waals surface area (Å²) in [5.74, 6) is -18.6. The minimum Gasteiger partial charge on any atom is -0.394 e. The summed E-state index contributed by atoms with van der Waals surface area (Å²) in [5, 5.41) is 66.7. The van der Waals surface area contributed by atoms with Crippen LogP contribution >= 0.6 is 0 Å². The molecule has 0 unspecified atom stereocenters. The molecule has 1 fully saturated rings. The van der Waals surface area contributed by atoms with Crippen molar-refractivity contribution >= 4 is 135 Å². The normalized spacial score (nSPS) is 15.0. The van der Waals surface area contributed by atoms with Gasteiger partial charge in [0.05, 0.1) is 25.8 Å². The number of hydrogen-bond acceptors (Lipinski definition) is 23. The van der Waals surface area contributed by atoms with E-state index in [1.807, 2.05) is 24.3 Å². The summed E-state index contributed by atoms with van der Waals surface area (Å²) >= 11 is 0. The minimum atomic E-state index is -1.88. The van der Waals surface area contributed by atoms with Crippen molar-refractivity contribution in [2.75, 3.05) is 26.3 Å². The highest BCUT2D eigenvalue weighted by Crippen LogP contribution is 2.26. The number of H-pyrrole nitrogens is 1. The van der Waals surface area contributed by atoms with Gasteiger partial charge in [-0.25, -0.2) is 0 Å². The molecule has 2 aromatic carbocycles. The molecule has 0 aliphatic carbocycles. The Balaban J connectivity index is 1.29. The van der Waals surface area contributed by atoms with Gasteiger partial charge in [0.15, 0.2) is 0 Å². The Hall–Kier alpha value is -13.2. The van der Waals surface area contributed by atoms with Gasteiger partial charge >= 0.3 is 0 Å². The first-order chi connectivity index (χ1) is 62.0. The summed E-state index contributed by atoms with van der Waals surface area (Å²) in [6.45, 7) is 28.4. The highest BCUT2D eigenvalue weighted by atomic mass is 16.3. The number of aromatic amines is 1. The first kappa shape index (κ1) is 114. The van der Waals surface area contributed by atoms with Crippen molar-refractivity contribution in [3.05, 3.63) is 71.9 Å². The van der Waals surface area contributed by atoms with Crippen LogP contribution in [0.15, 0.2) is 60.8 Å². The molecule has 4 rings (SSSR count). The molecule has 0 bridgehead atoms. The number of rotatable bonds is 50. The van der Waals surface area contributed by atoms with Crippen LogP contribution in [-0.2, 0) is 114 Å². The lowest BCUT2D eigenvalue weighted by atomic mass is 9.95. The molecule has 21 amide bonds. The Morgan fingerprint density at radius 1 is 0.407 bits per heavy atom. The van der Waals surface area contributed by atoms with Crippen LogP contribution in [0.2, 0.25) is 0 Å². The van der Waals surface area contributed by atoms with E-state index in [1.54, 1.807) is 50.4 Å². The zero-order chi connectivity index (χ0) is 103. The van der Waals surface area contributed by atoms with Crippen molar-refractivity contribution < 1.29 is 111 Å². The van der Waals surface area contributed by atoms with Crippen molar-refractivity contribution in [3.63, 3.8) is 0 Å². The topological polar surface area (TPSA) is 687 Å². The first-order valence-electron chi connectivity index (χ1n) is 44.3. The van der Waals surface area contributed by atoms with Crippen LogP contribution in [-0.4, -0.2) is 275 Å². The third-order valence-electron chi connectivity index (χ3n) is 22.1. The van der Waals surface area contributed by atoms with Crippen LogP contribution in [0, 0.1) is 5.92 Å². The highest BCUT2D eigenvalue weighted by Gasteiger charge is 2.48. The summed E-state index contributed by atoms with van der Waals surface area (Å²) < 4.78 is 0. The Morgan fingerprint density at radius 2 is 0.822 bits per heavy atom. The van der Waals surface area contributed by atoms with Crippen molar-refractivity contribution in [2.45, 2.75) is 321 Å². The van der Waals surface area contributed by atoms with E-state index in [4.69, 9.17) is 11.5 Å². The number of carbonyl (C=O) groups excluding carboxylic acids is 21. The van der Waals surface area contributed by atoms with Crippen LogP contribution in [0.3, 0.4) is 0 Å². The van der Waals surface area contributed by atoms with E-state index in [-0.39, 0.29) is 51.0 Å². The van der Waals surface area contributed by atoms with Gasteiger partial charge in [0, 0.05) is 49.8 Å². The molecule has 2 heterocycles. The summed E-state index contributed by atoms with van der Waals surface area (Å²) in [6, 6.07) is 4.24. The molecule has 748 valence electrons. The molecular weight excluding hydrogens is 1760 g/mol. The average Bonchev–Trinajstić information content (AvgIpc) is 1.51. The fourth-order valence-corrected chi connectivity index (χ4v) is 13.7. The van der Waals surface area contributed by atoms with Crippen LogP contribution in [0.4, 0.5) is 0 Å². The standard InChI is InChI=1S/C90H140N22O23/c1-47(2)40-58(101-76(130)85(12,13)109-78(132)87(16,17)106-71(125)60(46-114)102-74(128)82(6,7)105-70(124)59(97-50(5)115)41-51-30-25-24-26-31-51)69(123)99-56(35-37-62(91)116)67(121)94-44-64(118)103-86(14,15)77(131)108-83(8,9)73(127)96-48(3)65(119)95-49(4)66(120)104-90(22,23)81(135)112-39-29-34-61(112)72(126)107-88(18,19)79(133)111-89(20,21)80(134)110-84(10,11)75(129)100-57(36-38-63(92)117)68(122)98-53(45-113)42-52-43-93-55-33-28-27-32-54(52)55/h24-28,30-33,43,47-49,53,56-61,93,113-114H,29,34-42,44-46H2,1-23H3,(H2,91,116)(H2,92,117)(H,94,121)(H,95,119)(H,96,127)(H,97,115)(H,98,122)(H,99,123)(H,100,129)(H,101,130)(H,102,128)(H,103,118)(H,104,120)(H,105,124)(H,106,125)(H,107,126)(H,108,131)(H,109,132)(H,110,134)(H,111,133)/t48-,49+,53+,56+,57-,58+,59+,60-,61-/m0/s1. The third-order valence-corrected chi connectivity index (χ3v) is 22.1. The molecule has 3 aromatic rings. The number of likely N-dealkylation sites (tertiary alicyclic amines) is 1. The highest BCUT2D eigenvalue weighted by molar-refractivity contribution is 6.05. The first-order valence-corrected chi connectivity index (χ1v) is 44.3. The number of nitrogens with zero attached hydrogens (tertiary/aromatic N) is 1. The van der Waals surface area contributed by atoms with Crippen molar-refractivity contribution in [3.8, 4) is 0 Å². The SMILES string of the molecule is CC(=O)N[C@H](Cc1ccccc1)C(=O)NC(C)(C)C(=O)N[C@@H](CO)C(=O)NC(C)(C)C(=O)NC(C)(C)C(=O)N[C@H](CC(C)C)C(=O)N[C@H](CCC(N)=O)C(=O)NCC(=O)NC(C)(C)C(=O)NC(C)(C)C(=O)N[C@@H](C)C(=O)N[C@H](C)C(=O)NC(C)(C)C(=O)N1CCC[C@H]1C(=O)NC(C)(C)C(=O)NC(C)(C)C(=O)NC(C)(C)C(=O)N[C@@H](CCC(N)=O)C(=O)N[C@@H](CO)Cc1c[nH]c2ccccc12. The Kier molecular flexibility index (Phi) is 40.2. The summed E-state index contributed by atoms with van der Waals surface area (Å²) in [4.78, 5) is 290. The maximum atomic E-state index is 14.3. The molecule has 0 spiro atoms. The maximum absolute atomic E-state index is 14.3. The number of carbonyl (C=O) groups is 21. The molecule has 0 saturated carbocycles. The predicted octanol–water partition coefficient (Wildman–Crippen LogP) is -4.39. The fraction of sp³-hybridized carbons (Fsp3) is 0.611. The number of nitrogens with two attached hydrogens (primary N) is 2. The van der Waals surface area contributed by atoms with Gasteiger partial charge in [0.1, 0.15) is 98.2 Å². The Bertz CT molecular complexity index is 4900. The van der Waals surface area contributed by atoms with Crippen molar-refractivity contribution in [1.29, 1.82) is 0 Å². The van der Waals surface area contributed by atoms with E-state index in [2.05, 4.69) is 101 Å². The molecule has 1 aliphatic heterocycles. The molecule has 45 nitrogen and oxygen atoms in total. The second kappa shape index (κ2) is 47.6. The zero-order valence-electron chi connectivity index (χ0n) is 81.3. The quantitative estimate of drug-likeness (QED) is 0.0254. The number of fused-ring (bicyclic) bond motifs is 1. The van der Waals surface area contributed by atoms with E-state index in [0.29, 0.717) is 12.0 Å². The maximum Gasteiger partial charge on any atom is 0.248 e. The van der Waals surface area contributed by atoms with E-state index in [9.17, 15) is 111 Å². The van der Waals surface area contributed by atoms with Gasteiger partial charge in [-0.1, -0.05) is 62.4 Å². The molecule has 0 radical (unpaired) electrons.